The Hall–Kier alpha value is -0.860. The standard InChI is InChI=1S/C16H27NO2/c1-6-11-13(19)17-12(18)7-16(11)9-14(2,3)8-15(4,5)10-16/h11H,6-10H2,1-5H3,(H,17,18,19). The maximum atomic E-state index is 12.2. The van der Waals surface area contributed by atoms with Gasteiger partial charge in [0.25, 0.3) is 0 Å². The molecule has 1 aliphatic heterocycles. The first-order valence-corrected chi connectivity index (χ1v) is 7.43. The molecule has 3 heteroatoms. The molecule has 0 bridgehead atoms. The molecule has 2 rings (SSSR count). The molecule has 1 aliphatic carbocycles. The van der Waals surface area contributed by atoms with E-state index in [0.29, 0.717) is 6.42 Å². The fourth-order valence-electron chi connectivity index (χ4n) is 5.37. The summed E-state index contributed by atoms with van der Waals surface area (Å²) in [6.07, 6.45) is 4.48. The van der Waals surface area contributed by atoms with Crippen LogP contribution in [-0.2, 0) is 9.59 Å². The number of rotatable bonds is 1. The first kappa shape index (κ1) is 14.5. The summed E-state index contributed by atoms with van der Waals surface area (Å²) in [5, 5.41) is 2.53. The molecule has 2 fully saturated rings. The Balaban J connectivity index is 2.42. The first-order valence-electron chi connectivity index (χ1n) is 7.43. The molecule has 1 spiro atoms. The van der Waals surface area contributed by atoms with Crippen molar-refractivity contribution >= 4 is 11.8 Å². The third kappa shape index (κ3) is 2.70. The lowest BCUT2D eigenvalue weighted by atomic mass is 9.49. The van der Waals surface area contributed by atoms with E-state index in [2.05, 4.69) is 39.9 Å². The van der Waals surface area contributed by atoms with Crippen molar-refractivity contribution < 1.29 is 9.59 Å². The molecule has 1 atom stereocenters. The average Bonchev–Trinajstić information content (AvgIpc) is 2.09. The van der Waals surface area contributed by atoms with Crippen molar-refractivity contribution in [3.63, 3.8) is 0 Å². The predicted molar refractivity (Wildman–Crippen MR) is 75.4 cm³/mol. The van der Waals surface area contributed by atoms with E-state index in [1.54, 1.807) is 0 Å². The summed E-state index contributed by atoms with van der Waals surface area (Å²) in [4.78, 5) is 24.1. The van der Waals surface area contributed by atoms with Crippen LogP contribution in [-0.4, -0.2) is 11.8 Å². The minimum absolute atomic E-state index is 0.0101. The molecular formula is C16H27NO2. The second-order valence-electron chi connectivity index (χ2n) is 8.27. The van der Waals surface area contributed by atoms with Crippen LogP contribution in [0.15, 0.2) is 0 Å². The van der Waals surface area contributed by atoms with Crippen LogP contribution < -0.4 is 5.32 Å². The van der Waals surface area contributed by atoms with Crippen molar-refractivity contribution in [1.29, 1.82) is 0 Å². The molecule has 2 amide bonds. The summed E-state index contributed by atoms with van der Waals surface area (Å²) in [5.74, 6) is -0.139. The number of amides is 2. The zero-order chi connectivity index (χ0) is 14.5. The van der Waals surface area contributed by atoms with Crippen LogP contribution in [0.3, 0.4) is 0 Å². The second kappa shape index (κ2) is 4.32. The Kier molecular flexibility index (Phi) is 3.31. The second-order valence-corrected chi connectivity index (χ2v) is 8.27. The van der Waals surface area contributed by atoms with Gasteiger partial charge in [-0.15, -0.1) is 0 Å². The van der Waals surface area contributed by atoms with Gasteiger partial charge in [0.15, 0.2) is 0 Å². The summed E-state index contributed by atoms with van der Waals surface area (Å²) in [6.45, 7) is 11.2. The molecule has 19 heavy (non-hydrogen) atoms. The molecule has 1 saturated carbocycles. The third-order valence-corrected chi connectivity index (χ3v) is 4.86. The molecule has 0 aromatic carbocycles. The zero-order valence-electron chi connectivity index (χ0n) is 12.9. The lowest BCUT2D eigenvalue weighted by molar-refractivity contribution is -0.151. The van der Waals surface area contributed by atoms with Crippen molar-refractivity contribution in [1.82, 2.24) is 5.32 Å². The molecule has 1 saturated heterocycles. The summed E-state index contributed by atoms with van der Waals surface area (Å²) in [6, 6.07) is 0. The van der Waals surface area contributed by atoms with E-state index in [-0.39, 0.29) is 34.0 Å². The number of hydrogen-bond donors (Lipinski definition) is 1. The lowest BCUT2D eigenvalue weighted by Gasteiger charge is -2.55. The Morgan fingerprint density at radius 3 is 2.05 bits per heavy atom. The van der Waals surface area contributed by atoms with Crippen LogP contribution in [0.25, 0.3) is 0 Å². The molecule has 0 aromatic heterocycles. The molecule has 3 nitrogen and oxygen atoms in total. The SMILES string of the molecule is CCC1C(=O)NC(=O)CC12CC(C)(C)CC(C)(C)C2. The van der Waals surface area contributed by atoms with Gasteiger partial charge in [0.05, 0.1) is 0 Å². The van der Waals surface area contributed by atoms with Crippen molar-refractivity contribution in [3.8, 4) is 0 Å². The van der Waals surface area contributed by atoms with Crippen LogP contribution >= 0.6 is 0 Å². The maximum absolute atomic E-state index is 12.2. The average molecular weight is 265 g/mol. The minimum atomic E-state index is -0.126. The Morgan fingerprint density at radius 1 is 1.05 bits per heavy atom. The number of hydrogen-bond acceptors (Lipinski definition) is 2. The molecule has 1 unspecified atom stereocenters. The molecule has 0 radical (unpaired) electrons. The van der Waals surface area contributed by atoms with Crippen molar-refractivity contribution in [3.05, 3.63) is 0 Å². The smallest absolute Gasteiger partial charge is 0.230 e. The Bertz CT molecular complexity index is 393. The predicted octanol–water partition coefficient (Wildman–Crippen LogP) is 3.28. The third-order valence-electron chi connectivity index (χ3n) is 4.86. The number of carbonyl (C=O) groups excluding carboxylic acids is 2. The van der Waals surface area contributed by atoms with Gasteiger partial charge in [0, 0.05) is 12.3 Å². The highest BCUT2D eigenvalue weighted by molar-refractivity contribution is 5.99. The van der Waals surface area contributed by atoms with Gasteiger partial charge in [0.2, 0.25) is 11.8 Å². The van der Waals surface area contributed by atoms with Crippen LogP contribution in [0, 0.1) is 22.2 Å². The van der Waals surface area contributed by atoms with Gasteiger partial charge in [-0.25, -0.2) is 0 Å². The highest BCUT2D eigenvalue weighted by Crippen LogP contribution is 2.59. The largest absolute Gasteiger partial charge is 0.296 e. The topological polar surface area (TPSA) is 46.2 Å². The van der Waals surface area contributed by atoms with E-state index in [9.17, 15) is 9.59 Å². The van der Waals surface area contributed by atoms with Crippen molar-refractivity contribution in [2.24, 2.45) is 22.2 Å². The molecule has 0 aromatic rings. The van der Waals surface area contributed by atoms with Crippen molar-refractivity contribution in [2.45, 2.75) is 66.7 Å². The monoisotopic (exact) mass is 265 g/mol. The number of imide groups is 1. The molecule has 1 heterocycles. The Morgan fingerprint density at radius 2 is 1.58 bits per heavy atom. The van der Waals surface area contributed by atoms with Gasteiger partial charge < -0.3 is 0 Å². The quantitative estimate of drug-likeness (QED) is 0.740. The van der Waals surface area contributed by atoms with Gasteiger partial charge in [-0.3, -0.25) is 14.9 Å². The van der Waals surface area contributed by atoms with Gasteiger partial charge in [-0.2, -0.15) is 0 Å². The lowest BCUT2D eigenvalue weighted by Crippen LogP contribution is -2.56. The summed E-state index contributed by atoms with van der Waals surface area (Å²) >= 11 is 0. The fourth-order valence-corrected chi connectivity index (χ4v) is 5.37. The van der Waals surface area contributed by atoms with Crippen LogP contribution in [0.2, 0.25) is 0 Å². The molecule has 108 valence electrons. The van der Waals surface area contributed by atoms with Crippen molar-refractivity contribution in [2.75, 3.05) is 0 Å². The normalized spacial score (nSPS) is 32.2. The van der Waals surface area contributed by atoms with Gasteiger partial charge >= 0.3 is 0 Å². The van der Waals surface area contributed by atoms with Gasteiger partial charge in [-0.05, 0) is 41.9 Å². The van der Waals surface area contributed by atoms with Gasteiger partial charge in [-0.1, -0.05) is 34.6 Å². The number of nitrogens with one attached hydrogen (secondary N) is 1. The van der Waals surface area contributed by atoms with Crippen LogP contribution in [0.5, 0.6) is 0 Å². The van der Waals surface area contributed by atoms with Gasteiger partial charge in [0.1, 0.15) is 0 Å². The van der Waals surface area contributed by atoms with E-state index in [0.717, 1.165) is 25.7 Å². The summed E-state index contributed by atoms with van der Waals surface area (Å²) in [5.41, 5.74) is 0.277. The number of piperidine rings is 1. The minimum Gasteiger partial charge on any atom is -0.296 e. The van der Waals surface area contributed by atoms with Crippen LogP contribution in [0.1, 0.15) is 66.7 Å². The Labute approximate surface area is 116 Å². The maximum Gasteiger partial charge on any atom is 0.230 e. The van der Waals surface area contributed by atoms with E-state index in [4.69, 9.17) is 0 Å². The fraction of sp³-hybridized carbons (Fsp3) is 0.875. The molecular weight excluding hydrogens is 238 g/mol. The van der Waals surface area contributed by atoms with E-state index >= 15 is 0 Å². The summed E-state index contributed by atoms with van der Waals surface area (Å²) in [7, 11) is 0. The van der Waals surface area contributed by atoms with E-state index < -0.39 is 0 Å². The first-order chi connectivity index (χ1) is 8.59. The van der Waals surface area contributed by atoms with E-state index in [1.165, 1.54) is 0 Å². The highest BCUT2D eigenvalue weighted by atomic mass is 16.2. The number of carbonyl (C=O) groups is 2. The summed E-state index contributed by atoms with van der Waals surface area (Å²) < 4.78 is 0. The zero-order valence-corrected chi connectivity index (χ0v) is 12.9. The highest BCUT2D eigenvalue weighted by Gasteiger charge is 2.55. The molecule has 1 N–H and O–H groups in total. The molecule has 2 aliphatic rings. The van der Waals surface area contributed by atoms with Crippen LogP contribution in [0.4, 0.5) is 0 Å². The van der Waals surface area contributed by atoms with E-state index in [1.807, 2.05) is 0 Å².